The number of benzene rings is 1. The number of anilines is 1. The summed E-state index contributed by atoms with van der Waals surface area (Å²) in [4.78, 5) is 0.672. The molecule has 2 unspecified atom stereocenters. The molecule has 2 atom stereocenters. The summed E-state index contributed by atoms with van der Waals surface area (Å²) in [7, 11) is 0. The zero-order chi connectivity index (χ0) is 13.3. The second-order valence-electron chi connectivity index (χ2n) is 5.35. The Balaban J connectivity index is 1.92. The topological polar surface area (TPSA) is 12.0 Å². The molecule has 1 nitrogen and oxygen atoms in total. The van der Waals surface area contributed by atoms with Crippen molar-refractivity contribution >= 4 is 22.9 Å². The molecule has 1 aliphatic carbocycles. The molecular weight excluding hydrogens is 252 g/mol. The molecule has 0 spiro atoms. The van der Waals surface area contributed by atoms with Gasteiger partial charge in [-0.25, -0.2) is 8.78 Å². The molecule has 0 aromatic heterocycles. The summed E-state index contributed by atoms with van der Waals surface area (Å²) in [6.45, 7) is 4.37. The van der Waals surface area contributed by atoms with Crippen LogP contribution >= 0.6 is 12.2 Å². The van der Waals surface area contributed by atoms with Gasteiger partial charge in [0.15, 0.2) is 0 Å². The van der Waals surface area contributed by atoms with Gasteiger partial charge in [-0.05, 0) is 36.8 Å². The van der Waals surface area contributed by atoms with Crippen LogP contribution in [0.15, 0.2) is 18.2 Å². The molecule has 1 aromatic rings. The van der Waals surface area contributed by atoms with Crippen LogP contribution in [0.25, 0.3) is 0 Å². The van der Waals surface area contributed by atoms with E-state index >= 15 is 0 Å². The number of nitrogens with one attached hydrogen (secondary N) is 1. The number of hydrogen-bond donors (Lipinski definition) is 1. The van der Waals surface area contributed by atoms with Crippen molar-refractivity contribution in [3.63, 3.8) is 0 Å². The molecule has 98 valence electrons. The molecule has 0 radical (unpaired) electrons. The molecule has 0 aliphatic heterocycles. The first-order valence-electron chi connectivity index (χ1n) is 6.23. The van der Waals surface area contributed by atoms with E-state index in [4.69, 9.17) is 12.2 Å². The maximum atomic E-state index is 13.4. The third kappa shape index (κ3) is 3.25. The van der Waals surface area contributed by atoms with Crippen LogP contribution in [-0.4, -0.2) is 4.99 Å². The van der Waals surface area contributed by atoms with Crippen molar-refractivity contribution in [2.24, 2.45) is 17.8 Å². The minimum atomic E-state index is -0.599. The lowest BCUT2D eigenvalue weighted by Gasteiger charge is -2.09. The Kier molecular flexibility index (Phi) is 3.95. The fourth-order valence-corrected chi connectivity index (χ4v) is 2.65. The van der Waals surface area contributed by atoms with Gasteiger partial charge in [0, 0.05) is 12.0 Å². The summed E-state index contributed by atoms with van der Waals surface area (Å²) in [5.41, 5.74) is 0.261. The molecule has 0 saturated heterocycles. The van der Waals surface area contributed by atoms with Crippen LogP contribution in [0.1, 0.15) is 26.7 Å². The zero-order valence-electron chi connectivity index (χ0n) is 10.5. The predicted octanol–water partition coefficient (Wildman–Crippen LogP) is 4.39. The lowest BCUT2D eigenvalue weighted by Crippen LogP contribution is -2.14. The van der Waals surface area contributed by atoms with Crippen LogP contribution in [0.4, 0.5) is 14.5 Å². The van der Waals surface area contributed by atoms with Gasteiger partial charge in [-0.3, -0.25) is 0 Å². The largest absolute Gasteiger partial charge is 0.347 e. The van der Waals surface area contributed by atoms with Gasteiger partial charge in [0.25, 0.3) is 0 Å². The summed E-state index contributed by atoms with van der Waals surface area (Å²) < 4.78 is 26.2. The van der Waals surface area contributed by atoms with Crippen molar-refractivity contribution in [2.45, 2.75) is 26.7 Å². The smallest absolute Gasteiger partial charge is 0.149 e. The Morgan fingerprint density at radius 3 is 2.78 bits per heavy atom. The number of halogens is 2. The number of hydrogen-bond acceptors (Lipinski definition) is 1. The van der Waals surface area contributed by atoms with Gasteiger partial charge in [0.2, 0.25) is 0 Å². The fraction of sp³-hybridized carbons (Fsp3) is 0.500. The minimum Gasteiger partial charge on any atom is -0.347 e. The predicted molar refractivity (Wildman–Crippen MR) is 73.6 cm³/mol. The van der Waals surface area contributed by atoms with Crippen LogP contribution in [0, 0.1) is 29.4 Å². The highest BCUT2D eigenvalue weighted by molar-refractivity contribution is 7.80. The molecule has 4 heteroatoms. The van der Waals surface area contributed by atoms with Gasteiger partial charge in [-0.2, -0.15) is 0 Å². The maximum Gasteiger partial charge on any atom is 0.149 e. The third-order valence-electron chi connectivity index (χ3n) is 3.22. The highest BCUT2D eigenvalue weighted by atomic mass is 32.1. The molecule has 1 fully saturated rings. The Hall–Kier alpha value is -1.03. The Morgan fingerprint density at radius 1 is 1.44 bits per heavy atom. The van der Waals surface area contributed by atoms with Gasteiger partial charge >= 0.3 is 0 Å². The molecular formula is C14H17F2NS. The monoisotopic (exact) mass is 269 g/mol. The van der Waals surface area contributed by atoms with E-state index in [1.54, 1.807) is 0 Å². The normalized spacial score (nSPS) is 22.1. The van der Waals surface area contributed by atoms with Crippen LogP contribution < -0.4 is 5.32 Å². The van der Waals surface area contributed by atoms with Crippen molar-refractivity contribution in [3.8, 4) is 0 Å². The van der Waals surface area contributed by atoms with Gasteiger partial charge < -0.3 is 5.32 Å². The van der Waals surface area contributed by atoms with E-state index in [0.717, 1.165) is 18.9 Å². The molecule has 1 N–H and O–H groups in total. The van der Waals surface area contributed by atoms with Gasteiger partial charge in [-0.1, -0.05) is 26.1 Å². The summed E-state index contributed by atoms with van der Waals surface area (Å²) in [6.07, 6.45) is 2.23. The summed E-state index contributed by atoms with van der Waals surface area (Å²) in [5, 5.41) is 2.89. The van der Waals surface area contributed by atoms with E-state index in [1.807, 2.05) is 0 Å². The summed E-state index contributed by atoms with van der Waals surface area (Å²) in [6, 6.07) is 3.48. The lowest BCUT2D eigenvalue weighted by molar-refractivity contribution is 0.532. The third-order valence-corrected chi connectivity index (χ3v) is 3.63. The summed E-state index contributed by atoms with van der Waals surface area (Å²) >= 11 is 5.27. The van der Waals surface area contributed by atoms with Crippen molar-refractivity contribution < 1.29 is 8.78 Å². The minimum absolute atomic E-state index is 0.261. The van der Waals surface area contributed by atoms with Gasteiger partial charge in [0.1, 0.15) is 11.6 Å². The second kappa shape index (κ2) is 5.31. The molecule has 2 rings (SSSR count). The van der Waals surface area contributed by atoms with E-state index in [1.165, 1.54) is 12.1 Å². The first-order chi connectivity index (χ1) is 8.47. The van der Waals surface area contributed by atoms with E-state index < -0.39 is 11.6 Å². The zero-order valence-corrected chi connectivity index (χ0v) is 11.4. The SMILES string of the molecule is CC(C)CC1CC1C(=S)Nc1ccc(F)cc1F. The molecule has 0 heterocycles. The van der Waals surface area contributed by atoms with E-state index in [-0.39, 0.29) is 5.69 Å². The first kappa shape index (κ1) is 13.4. The van der Waals surface area contributed by atoms with Crippen LogP contribution in [0.3, 0.4) is 0 Å². The number of rotatable bonds is 4. The molecule has 0 amide bonds. The van der Waals surface area contributed by atoms with Gasteiger partial charge in [-0.15, -0.1) is 0 Å². The Labute approximate surface area is 112 Å². The Bertz CT molecular complexity index is 459. The average Bonchev–Trinajstić information content (AvgIpc) is 3.00. The highest BCUT2D eigenvalue weighted by Crippen LogP contribution is 2.44. The Morgan fingerprint density at radius 2 is 2.17 bits per heavy atom. The fourth-order valence-electron chi connectivity index (χ4n) is 2.25. The van der Waals surface area contributed by atoms with Crippen LogP contribution in [-0.2, 0) is 0 Å². The quantitative estimate of drug-likeness (QED) is 0.814. The van der Waals surface area contributed by atoms with Crippen molar-refractivity contribution in [2.75, 3.05) is 5.32 Å². The first-order valence-corrected chi connectivity index (χ1v) is 6.64. The second-order valence-corrected chi connectivity index (χ2v) is 5.79. The van der Waals surface area contributed by atoms with Crippen molar-refractivity contribution in [1.82, 2.24) is 0 Å². The van der Waals surface area contributed by atoms with E-state index in [2.05, 4.69) is 19.2 Å². The van der Waals surface area contributed by atoms with E-state index in [9.17, 15) is 8.78 Å². The molecule has 1 aromatic carbocycles. The standard InChI is InChI=1S/C14H17F2NS/c1-8(2)5-9-6-11(9)14(18)17-13-4-3-10(15)7-12(13)16/h3-4,7-9,11H,5-6H2,1-2H3,(H,17,18). The molecule has 1 saturated carbocycles. The van der Waals surface area contributed by atoms with E-state index in [0.29, 0.717) is 22.7 Å². The van der Waals surface area contributed by atoms with Crippen LogP contribution in [0.5, 0.6) is 0 Å². The number of thiocarbonyl (C=S) groups is 1. The van der Waals surface area contributed by atoms with Crippen LogP contribution in [0.2, 0.25) is 0 Å². The maximum absolute atomic E-state index is 13.4. The van der Waals surface area contributed by atoms with Crippen molar-refractivity contribution in [1.29, 1.82) is 0 Å². The van der Waals surface area contributed by atoms with Gasteiger partial charge in [0.05, 0.1) is 10.7 Å². The lowest BCUT2D eigenvalue weighted by atomic mass is 10.1. The molecule has 1 aliphatic rings. The van der Waals surface area contributed by atoms with Crippen molar-refractivity contribution in [3.05, 3.63) is 29.8 Å². The highest BCUT2D eigenvalue weighted by Gasteiger charge is 2.40. The average molecular weight is 269 g/mol. The molecule has 18 heavy (non-hydrogen) atoms. The summed E-state index contributed by atoms with van der Waals surface area (Å²) in [5.74, 6) is 0.456. The molecule has 0 bridgehead atoms.